The Morgan fingerprint density at radius 3 is 1.13 bits per heavy atom. The quantitative estimate of drug-likeness (QED) is 0.446. The molecule has 0 rings (SSSR count). The fourth-order valence-electron chi connectivity index (χ4n) is 1.28. The van der Waals surface area contributed by atoms with Crippen molar-refractivity contribution in [1.82, 2.24) is 0 Å². The Kier molecular flexibility index (Phi) is 43.4. The third-order valence-electron chi connectivity index (χ3n) is 1.76. The van der Waals surface area contributed by atoms with Gasteiger partial charge >= 0.3 is 0 Å². The zero-order valence-electron chi connectivity index (χ0n) is 10.7. The molecule has 0 aromatic carbocycles. The first-order valence-corrected chi connectivity index (χ1v) is 3.97. The smallest absolute Gasteiger partial charge is 0 e. The van der Waals surface area contributed by atoms with Gasteiger partial charge in [-0.2, -0.15) is 10.8 Å². The molecule has 15 heavy (non-hydrogen) atoms. The molecule has 0 aromatic rings. The van der Waals surface area contributed by atoms with Crippen molar-refractivity contribution in [3.05, 3.63) is 13.8 Å². The Balaban J connectivity index is -0.0000000405. The summed E-state index contributed by atoms with van der Waals surface area (Å²) in [6.07, 6.45) is 2.22. The molecule has 5 heteroatoms. The normalized spacial score (nSPS) is 12.4. The SMILES string of the molecule is [CH2-]C(C)(C)CC([CH2-])(C)CC.[Y].[Y].[Y].[Y].[Y]. The van der Waals surface area contributed by atoms with Crippen molar-refractivity contribution >= 4 is 0 Å². The third kappa shape index (κ3) is 28.4. The summed E-state index contributed by atoms with van der Waals surface area (Å²) in [5.74, 6) is 0. The van der Waals surface area contributed by atoms with Crippen LogP contribution in [0.3, 0.4) is 0 Å². The molecule has 0 saturated heterocycles. The van der Waals surface area contributed by atoms with Crippen LogP contribution in [0.25, 0.3) is 0 Å². The summed E-state index contributed by atoms with van der Waals surface area (Å²) >= 11 is 0. The molecule has 0 aliphatic heterocycles. The molecule has 0 fully saturated rings. The van der Waals surface area contributed by atoms with Crippen molar-refractivity contribution in [2.75, 3.05) is 0 Å². The maximum atomic E-state index is 4.13. The maximum absolute atomic E-state index is 4.13. The van der Waals surface area contributed by atoms with Gasteiger partial charge in [-0.25, -0.2) is 0 Å². The summed E-state index contributed by atoms with van der Waals surface area (Å²) in [5.41, 5.74) is 0.387. The van der Waals surface area contributed by atoms with E-state index in [0.717, 1.165) is 12.8 Å². The van der Waals surface area contributed by atoms with Crippen LogP contribution in [-0.4, -0.2) is 0 Å². The second kappa shape index (κ2) is 17.6. The fourth-order valence-corrected chi connectivity index (χ4v) is 1.28. The van der Waals surface area contributed by atoms with E-state index in [9.17, 15) is 0 Å². The predicted molar refractivity (Wildman–Crippen MR) is 47.5 cm³/mol. The van der Waals surface area contributed by atoms with Gasteiger partial charge in [-0.1, -0.05) is 40.5 Å². The van der Waals surface area contributed by atoms with Crippen LogP contribution in [0.15, 0.2) is 0 Å². The van der Waals surface area contributed by atoms with Gasteiger partial charge in [-0.3, -0.25) is 0 Å². The molecule has 0 N–H and O–H groups in total. The molecule has 1 unspecified atom stereocenters. The number of hydrogen-bond donors (Lipinski definition) is 0. The Morgan fingerprint density at radius 1 is 0.800 bits per heavy atom. The third-order valence-corrected chi connectivity index (χ3v) is 1.76. The number of hydrogen-bond acceptors (Lipinski definition) is 0. The zero-order valence-corrected chi connectivity index (χ0v) is 24.9. The summed E-state index contributed by atoms with van der Waals surface area (Å²) in [5, 5.41) is 0. The van der Waals surface area contributed by atoms with Gasteiger partial charge in [0.05, 0.1) is 0 Å². The number of rotatable bonds is 3. The van der Waals surface area contributed by atoms with Gasteiger partial charge in [0, 0.05) is 164 Å². The summed E-state index contributed by atoms with van der Waals surface area (Å²) in [4.78, 5) is 0. The molecule has 0 nitrogen and oxygen atoms in total. The first-order chi connectivity index (χ1) is 4.27. The Labute approximate surface area is 223 Å². The maximum Gasteiger partial charge on any atom is 0 e. The van der Waals surface area contributed by atoms with Crippen LogP contribution >= 0.6 is 0 Å². The van der Waals surface area contributed by atoms with Gasteiger partial charge in [0.15, 0.2) is 0 Å². The average molecular weight is 585 g/mol. The Morgan fingerprint density at radius 2 is 1.07 bits per heavy atom. The molecule has 0 aliphatic rings. The van der Waals surface area contributed by atoms with E-state index in [4.69, 9.17) is 0 Å². The molecule has 0 spiro atoms. The molecule has 0 heterocycles. The van der Waals surface area contributed by atoms with E-state index in [-0.39, 0.29) is 174 Å². The molecule has 0 saturated carbocycles. The second-order valence-electron chi connectivity index (χ2n) is 4.51. The van der Waals surface area contributed by atoms with Gasteiger partial charge in [0.2, 0.25) is 0 Å². The summed E-state index contributed by atoms with van der Waals surface area (Å²) in [6, 6.07) is 0. The van der Waals surface area contributed by atoms with Crippen molar-refractivity contribution in [3.63, 3.8) is 0 Å². The van der Waals surface area contributed by atoms with Crippen molar-refractivity contribution in [2.45, 2.75) is 40.5 Å². The molecular formula is C10H20Y5-2. The first kappa shape index (κ1) is 37.1. The predicted octanol–water partition coefficient (Wildman–Crippen LogP) is 3.47. The van der Waals surface area contributed by atoms with E-state index in [1.165, 1.54) is 0 Å². The molecular weight excluding hydrogens is 565 g/mol. The summed E-state index contributed by atoms with van der Waals surface area (Å²) in [6.45, 7) is 16.9. The van der Waals surface area contributed by atoms with E-state index in [1.807, 2.05) is 0 Å². The Hall–Kier alpha value is 5.52. The van der Waals surface area contributed by atoms with Crippen LogP contribution in [0.5, 0.6) is 0 Å². The monoisotopic (exact) mass is 585 g/mol. The van der Waals surface area contributed by atoms with Crippen LogP contribution in [0, 0.1) is 24.7 Å². The van der Waals surface area contributed by atoms with Crippen molar-refractivity contribution in [1.29, 1.82) is 0 Å². The Bertz CT molecular complexity index is 107. The molecule has 5 radical (unpaired) electrons. The van der Waals surface area contributed by atoms with E-state index >= 15 is 0 Å². The molecule has 0 bridgehead atoms. The van der Waals surface area contributed by atoms with Gasteiger partial charge < -0.3 is 13.8 Å². The second-order valence-corrected chi connectivity index (χ2v) is 4.51. The molecule has 77 valence electrons. The van der Waals surface area contributed by atoms with Gasteiger partial charge in [0.1, 0.15) is 0 Å². The largest absolute Gasteiger partial charge is 0.338 e. The zero-order chi connectivity index (χ0) is 8.41. The van der Waals surface area contributed by atoms with Gasteiger partial charge in [-0.15, -0.1) is 0 Å². The minimum atomic E-state index is 0. The van der Waals surface area contributed by atoms with Crippen LogP contribution in [0.2, 0.25) is 0 Å². The van der Waals surface area contributed by atoms with Crippen molar-refractivity contribution < 1.29 is 164 Å². The molecule has 0 amide bonds. The van der Waals surface area contributed by atoms with Crippen LogP contribution in [0.4, 0.5) is 0 Å². The fraction of sp³-hybridized carbons (Fsp3) is 0.800. The van der Waals surface area contributed by atoms with Gasteiger partial charge in [0.25, 0.3) is 0 Å². The topological polar surface area (TPSA) is 0 Å². The van der Waals surface area contributed by atoms with Crippen molar-refractivity contribution in [2.24, 2.45) is 10.8 Å². The van der Waals surface area contributed by atoms with Crippen LogP contribution < -0.4 is 0 Å². The summed E-state index contributed by atoms with van der Waals surface area (Å²) < 4.78 is 0. The molecule has 1 atom stereocenters. The first-order valence-electron chi connectivity index (χ1n) is 3.97. The summed E-state index contributed by atoms with van der Waals surface area (Å²) in [7, 11) is 0. The van der Waals surface area contributed by atoms with E-state index in [2.05, 4.69) is 41.5 Å². The van der Waals surface area contributed by atoms with E-state index < -0.39 is 0 Å². The minimum Gasteiger partial charge on any atom is -0.338 e. The molecule has 0 aromatic heterocycles. The van der Waals surface area contributed by atoms with Crippen LogP contribution in [0.1, 0.15) is 40.5 Å². The van der Waals surface area contributed by atoms with Crippen LogP contribution in [-0.2, 0) is 164 Å². The standard InChI is InChI=1S/C10H20.5Y/c1-7-10(5,6)8-9(2,3)4;;;;;/h2,5,7-8H2,1,3-4,6H3;;;;;/q-2;;;;;. The average Bonchev–Trinajstić information content (AvgIpc) is 1.60. The molecule has 0 aliphatic carbocycles. The van der Waals surface area contributed by atoms with Gasteiger partial charge in [-0.05, 0) is 0 Å². The van der Waals surface area contributed by atoms with E-state index in [0.29, 0.717) is 0 Å². The van der Waals surface area contributed by atoms with Crippen molar-refractivity contribution in [3.8, 4) is 0 Å². The minimum absolute atomic E-state index is 0. The van der Waals surface area contributed by atoms with E-state index in [1.54, 1.807) is 0 Å².